The van der Waals surface area contributed by atoms with E-state index in [2.05, 4.69) is 10.3 Å². The number of halogens is 1. The number of nitrogens with one attached hydrogen (secondary N) is 1. The Morgan fingerprint density at radius 2 is 2.19 bits per heavy atom. The monoisotopic (exact) mass is 399 g/mol. The fourth-order valence-corrected chi connectivity index (χ4v) is 4.69. The smallest absolute Gasteiger partial charge is 0.264 e. The number of hydrogen-bond donors (Lipinski definition) is 1. The minimum Gasteiger partial charge on any atom is -0.481 e. The largest absolute Gasteiger partial charge is 0.481 e. The van der Waals surface area contributed by atoms with Crippen molar-refractivity contribution in [1.82, 2.24) is 9.29 Å². The third kappa shape index (κ3) is 4.19. The molecule has 3 rings (SSSR count). The Labute approximate surface area is 154 Å². The number of sulfonamides is 1. The molecule has 0 bridgehead atoms. The minimum absolute atomic E-state index is 0.00139. The van der Waals surface area contributed by atoms with Gasteiger partial charge in [-0.15, -0.1) is 11.3 Å². The van der Waals surface area contributed by atoms with Crippen LogP contribution in [0.2, 0.25) is 0 Å². The fourth-order valence-electron chi connectivity index (χ4n) is 2.51. The summed E-state index contributed by atoms with van der Waals surface area (Å²) in [6, 6.07) is 5.83. The van der Waals surface area contributed by atoms with E-state index < -0.39 is 21.7 Å². The normalized spacial score (nSPS) is 14.7. The van der Waals surface area contributed by atoms with Gasteiger partial charge in [0.2, 0.25) is 10.0 Å². The zero-order chi connectivity index (χ0) is 18.7. The van der Waals surface area contributed by atoms with Crippen molar-refractivity contribution in [3.8, 4) is 5.75 Å². The molecule has 0 aliphatic carbocycles. The number of hydrogen-bond acceptors (Lipinski definition) is 6. The number of nitrogens with zero attached hydrogens (tertiary/aromatic N) is 2. The van der Waals surface area contributed by atoms with E-state index >= 15 is 0 Å². The number of carbonyl (C=O) groups excluding carboxylic acids is 1. The van der Waals surface area contributed by atoms with Crippen molar-refractivity contribution in [2.24, 2.45) is 0 Å². The summed E-state index contributed by atoms with van der Waals surface area (Å²) in [6.07, 6.45) is 0.507. The van der Waals surface area contributed by atoms with Crippen LogP contribution in [0, 0.1) is 5.82 Å². The zero-order valence-corrected chi connectivity index (χ0v) is 15.7. The van der Waals surface area contributed by atoms with Gasteiger partial charge >= 0.3 is 0 Å². The summed E-state index contributed by atoms with van der Waals surface area (Å²) >= 11 is 1.24. The lowest BCUT2D eigenvalue weighted by Crippen LogP contribution is -2.36. The van der Waals surface area contributed by atoms with E-state index in [1.807, 2.05) is 0 Å². The van der Waals surface area contributed by atoms with Gasteiger partial charge in [-0.2, -0.15) is 4.31 Å². The quantitative estimate of drug-likeness (QED) is 0.803. The van der Waals surface area contributed by atoms with Gasteiger partial charge in [0, 0.05) is 24.4 Å². The molecule has 0 spiro atoms. The molecule has 1 amide bonds. The zero-order valence-electron chi connectivity index (χ0n) is 14.1. The highest BCUT2D eigenvalue weighted by Gasteiger charge is 2.28. The summed E-state index contributed by atoms with van der Waals surface area (Å²) in [5, 5.41) is 2.99. The topological polar surface area (TPSA) is 88.6 Å². The molecule has 1 aromatic heterocycles. The first-order chi connectivity index (χ1) is 12.4. The SMILES string of the molecule is CCS(=O)(=O)N1CCc2nc(NC(=O)COc3ccccc3F)sc2C1. The molecule has 7 nitrogen and oxygen atoms in total. The van der Waals surface area contributed by atoms with Gasteiger partial charge < -0.3 is 4.74 Å². The Morgan fingerprint density at radius 1 is 1.42 bits per heavy atom. The number of aromatic nitrogens is 1. The first-order valence-electron chi connectivity index (χ1n) is 8.02. The van der Waals surface area contributed by atoms with Crippen molar-refractivity contribution >= 4 is 32.4 Å². The average molecular weight is 399 g/mol. The molecule has 140 valence electrons. The van der Waals surface area contributed by atoms with Crippen LogP contribution in [-0.4, -0.2) is 42.5 Å². The lowest BCUT2D eigenvalue weighted by atomic mass is 10.2. The van der Waals surface area contributed by atoms with Crippen LogP contribution in [0.15, 0.2) is 24.3 Å². The van der Waals surface area contributed by atoms with E-state index in [-0.39, 0.29) is 24.7 Å². The Bertz CT molecular complexity index is 914. The molecule has 1 N–H and O–H groups in total. The number of ether oxygens (including phenoxy) is 1. The van der Waals surface area contributed by atoms with Gasteiger partial charge in [0.25, 0.3) is 5.91 Å². The number of benzene rings is 1. The summed E-state index contributed by atoms with van der Waals surface area (Å²) in [5.74, 6) is -0.945. The second-order valence-electron chi connectivity index (χ2n) is 5.64. The van der Waals surface area contributed by atoms with Gasteiger partial charge in [0.1, 0.15) is 0 Å². The molecule has 1 aromatic carbocycles. The molecule has 1 aliphatic heterocycles. The molecule has 2 aromatic rings. The molecular formula is C16H18FN3O4S2. The lowest BCUT2D eigenvalue weighted by molar-refractivity contribution is -0.118. The third-order valence-electron chi connectivity index (χ3n) is 3.90. The Kier molecular flexibility index (Phi) is 5.54. The molecule has 2 heterocycles. The molecule has 0 atom stereocenters. The van der Waals surface area contributed by atoms with Crippen LogP contribution in [0.3, 0.4) is 0 Å². The van der Waals surface area contributed by atoms with E-state index in [4.69, 9.17) is 4.74 Å². The van der Waals surface area contributed by atoms with Crippen LogP contribution in [-0.2, 0) is 27.8 Å². The average Bonchev–Trinajstić information content (AvgIpc) is 3.02. The second-order valence-corrected chi connectivity index (χ2v) is 8.98. The molecule has 10 heteroatoms. The van der Waals surface area contributed by atoms with Gasteiger partial charge in [-0.3, -0.25) is 10.1 Å². The number of fused-ring (bicyclic) bond motifs is 1. The summed E-state index contributed by atoms with van der Waals surface area (Å²) in [6.45, 7) is 1.92. The summed E-state index contributed by atoms with van der Waals surface area (Å²) in [5.41, 5.74) is 0.794. The molecule has 0 unspecified atom stereocenters. The number of thiazole rings is 1. The highest BCUT2D eigenvalue weighted by Crippen LogP contribution is 2.29. The molecule has 0 radical (unpaired) electrons. The first kappa shape index (κ1) is 18.7. The van der Waals surface area contributed by atoms with E-state index in [0.717, 1.165) is 10.6 Å². The van der Waals surface area contributed by atoms with Crippen molar-refractivity contribution < 1.29 is 22.3 Å². The Morgan fingerprint density at radius 3 is 2.92 bits per heavy atom. The van der Waals surface area contributed by atoms with Crippen molar-refractivity contribution in [1.29, 1.82) is 0 Å². The maximum atomic E-state index is 13.5. The van der Waals surface area contributed by atoms with Crippen molar-refractivity contribution in [2.45, 2.75) is 19.9 Å². The minimum atomic E-state index is -3.25. The van der Waals surface area contributed by atoms with Crippen LogP contribution in [0.1, 0.15) is 17.5 Å². The first-order valence-corrected chi connectivity index (χ1v) is 10.4. The number of carbonyl (C=O) groups is 1. The maximum absolute atomic E-state index is 13.5. The molecule has 0 saturated heterocycles. The number of anilines is 1. The van der Waals surface area contributed by atoms with Gasteiger partial charge in [0.15, 0.2) is 23.3 Å². The standard InChI is InChI=1S/C16H18FN3O4S2/c1-2-26(22,23)20-8-7-12-14(9-20)25-16(18-12)19-15(21)10-24-13-6-4-3-5-11(13)17/h3-6H,2,7-10H2,1H3,(H,18,19,21). The van der Waals surface area contributed by atoms with E-state index in [9.17, 15) is 17.6 Å². The van der Waals surface area contributed by atoms with Crippen molar-refractivity contribution in [2.75, 3.05) is 24.2 Å². The molecule has 1 aliphatic rings. The fraction of sp³-hybridized carbons (Fsp3) is 0.375. The molecular weight excluding hydrogens is 381 g/mol. The van der Waals surface area contributed by atoms with Crippen molar-refractivity contribution in [3.05, 3.63) is 40.7 Å². The predicted octanol–water partition coefficient (Wildman–Crippen LogP) is 2.01. The highest BCUT2D eigenvalue weighted by atomic mass is 32.2. The van der Waals surface area contributed by atoms with E-state index in [0.29, 0.717) is 18.1 Å². The summed E-state index contributed by atoms with van der Waals surface area (Å²) in [4.78, 5) is 17.1. The number of amides is 1. The van der Waals surface area contributed by atoms with Crippen LogP contribution >= 0.6 is 11.3 Å². The Hall–Kier alpha value is -2.04. The molecule has 0 saturated carbocycles. The number of rotatable bonds is 6. The number of para-hydroxylation sites is 1. The van der Waals surface area contributed by atoms with E-state index in [1.165, 1.54) is 33.8 Å². The lowest BCUT2D eigenvalue weighted by Gasteiger charge is -2.24. The van der Waals surface area contributed by atoms with Gasteiger partial charge in [-0.05, 0) is 19.1 Å². The highest BCUT2D eigenvalue weighted by molar-refractivity contribution is 7.89. The summed E-state index contributed by atoms with van der Waals surface area (Å²) < 4.78 is 44.0. The van der Waals surface area contributed by atoms with E-state index in [1.54, 1.807) is 13.0 Å². The second kappa shape index (κ2) is 7.68. The van der Waals surface area contributed by atoms with Gasteiger partial charge in [0.05, 0.1) is 11.4 Å². The predicted molar refractivity (Wildman–Crippen MR) is 96.2 cm³/mol. The van der Waals surface area contributed by atoms with Gasteiger partial charge in [-0.25, -0.2) is 17.8 Å². The Balaban J connectivity index is 1.60. The van der Waals surface area contributed by atoms with Crippen LogP contribution < -0.4 is 10.1 Å². The maximum Gasteiger partial charge on any atom is 0.264 e. The third-order valence-corrected chi connectivity index (χ3v) is 6.72. The van der Waals surface area contributed by atoms with Crippen LogP contribution in [0.4, 0.5) is 9.52 Å². The van der Waals surface area contributed by atoms with Crippen molar-refractivity contribution in [3.63, 3.8) is 0 Å². The molecule has 0 fully saturated rings. The van der Waals surface area contributed by atoms with Crippen LogP contribution in [0.25, 0.3) is 0 Å². The van der Waals surface area contributed by atoms with Gasteiger partial charge in [-0.1, -0.05) is 12.1 Å². The summed E-state index contributed by atoms with van der Waals surface area (Å²) in [7, 11) is -3.25. The van der Waals surface area contributed by atoms with Crippen LogP contribution in [0.5, 0.6) is 5.75 Å². The molecule has 26 heavy (non-hydrogen) atoms.